The van der Waals surface area contributed by atoms with E-state index in [2.05, 4.69) is 37.5 Å². The Morgan fingerprint density at radius 1 is 0.760 bits per heavy atom. The minimum atomic E-state index is -3.93. The van der Waals surface area contributed by atoms with Gasteiger partial charge in [0.2, 0.25) is 0 Å². The molecule has 0 heterocycles. The monoisotopic (exact) mass is 449 g/mol. The summed E-state index contributed by atoms with van der Waals surface area (Å²) in [6, 6.07) is 0. The fourth-order valence-electron chi connectivity index (χ4n) is 1.69. The van der Waals surface area contributed by atoms with Crippen LogP contribution in [0.15, 0.2) is 0 Å². The van der Waals surface area contributed by atoms with E-state index in [1.165, 1.54) is 0 Å². The third kappa shape index (κ3) is 12.4. The molecule has 0 fully saturated rings. The quantitative estimate of drug-likeness (QED) is 0.355. The van der Waals surface area contributed by atoms with Crippen LogP contribution in [-0.2, 0) is 10.3 Å². The van der Waals surface area contributed by atoms with Crippen LogP contribution in [0.4, 0.5) is 0 Å². The van der Waals surface area contributed by atoms with Crippen LogP contribution in [0.3, 0.4) is 0 Å². The lowest BCUT2D eigenvalue weighted by Crippen LogP contribution is -2.29. The summed E-state index contributed by atoms with van der Waals surface area (Å²) in [6.45, 7) is 16.3. The highest BCUT2D eigenvalue weighted by Gasteiger charge is 2.13. The van der Waals surface area contributed by atoms with Crippen molar-refractivity contribution >= 4 is 65.0 Å². The second-order valence-electron chi connectivity index (χ2n) is 4.61. The van der Waals surface area contributed by atoms with Gasteiger partial charge in [0, 0.05) is 39.3 Å². The molecule has 0 amide bonds. The highest BCUT2D eigenvalue weighted by Crippen LogP contribution is 2.28. The van der Waals surface area contributed by atoms with Gasteiger partial charge in [0.15, 0.2) is 0 Å². The summed E-state index contributed by atoms with van der Waals surface area (Å²) in [5.74, 6) is 0. The zero-order valence-corrected chi connectivity index (χ0v) is 20.0. The standard InChI is InChI=1S/C10H20N2S4.C4H11NO3S/c1-5-11(6-2)9(13)15-16-10(14)12(7-3)8-4;1-3-5(4-2)9(6,7)8/h5-8H2,1-4H3;3-4H2,1-2H3,(H,6,7,8). The topological polar surface area (TPSA) is 64.1 Å². The Morgan fingerprint density at radius 2 is 1.04 bits per heavy atom. The molecule has 0 aliphatic rings. The van der Waals surface area contributed by atoms with Gasteiger partial charge in [-0.05, 0) is 49.3 Å². The maximum atomic E-state index is 10.3. The molecule has 0 unspecified atom stereocenters. The Balaban J connectivity index is 0. The van der Waals surface area contributed by atoms with Crippen molar-refractivity contribution in [3.8, 4) is 0 Å². The van der Waals surface area contributed by atoms with E-state index < -0.39 is 10.3 Å². The zero-order chi connectivity index (χ0) is 20.0. The van der Waals surface area contributed by atoms with Gasteiger partial charge in [0.1, 0.15) is 8.64 Å². The molecule has 0 aliphatic carbocycles. The van der Waals surface area contributed by atoms with E-state index in [-0.39, 0.29) is 0 Å². The molecule has 0 spiro atoms. The summed E-state index contributed by atoms with van der Waals surface area (Å²) in [7, 11) is -0.748. The van der Waals surface area contributed by atoms with E-state index in [0.717, 1.165) is 39.1 Å². The Hall–Kier alpha value is 0.350. The second kappa shape index (κ2) is 15.4. The fraction of sp³-hybridized carbons (Fsp3) is 0.857. The van der Waals surface area contributed by atoms with Crippen molar-refractivity contribution in [2.24, 2.45) is 0 Å². The lowest BCUT2D eigenvalue weighted by atomic mass is 10.6. The van der Waals surface area contributed by atoms with Crippen LogP contribution in [0.2, 0.25) is 0 Å². The van der Waals surface area contributed by atoms with Crippen molar-refractivity contribution in [3.63, 3.8) is 0 Å². The molecule has 11 heteroatoms. The average Bonchev–Trinajstić information content (AvgIpc) is 2.55. The molecule has 0 aliphatic heterocycles. The van der Waals surface area contributed by atoms with Crippen molar-refractivity contribution < 1.29 is 13.0 Å². The molecule has 0 aromatic carbocycles. The van der Waals surface area contributed by atoms with Crippen LogP contribution in [0.25, 0.3) is 0 Å². The number of hydrogen-bond donors (Lipinski definition) is 1. The molecule has 6 nitrogen and oxygen atoms in total. The maximum Gasteiger partial charge on any atom is 0.335 e. The summed E-state index contributed by atoms with van der Waals surface area (Å²) in [6.07, 6.45) is 0. The number of rotatable bonds is 7. The van der Waals surface area contributed by atoms with Gasteiger partial charge in [-0.15, -0.1) is 0 Å². The average molecular weight is 450 g/mol. The van der Waals surface area contributed by atoms with Gasteiger partial charge in [-0.3, -0.25) is 4.55 Å². The van der Waals surface area contributed by atoms with Crippen LogP contribution in [-0.4, -0.2) is 75.0 Å². The Bertz CT molecular complexity index is 452. The highest BCUT2D eigenvalue weighted by atomic mass is 33.1. The molecular weight excluding hydrogens is 419 g/mol. The summed E-state index contributed by atoms with van der Waals surface area (Å²) >= 11 is 10.7. The van der Waals surface area contributed by atoms with Crippen molar-refractivity contribution in [1.82, 2.24) is 14.1 Å². The molecule has 0 bridgehead atoms. The largest absolute Gasteiger partial charge is 0.357 e. The molecule has 25 heavy (non-hydrogen) atoms. The molecule has 150 valence electrons. The van der Waals surface area contributed by atoms with E-state index in [1.54, 1.807) is 35.4 Å². The van der Waals surface area contributed by atoms with Crippen LogP contribution in [0, 0.1) is 0 Å². The normalized spacial score (nSPS) is 10.9. The molecule has 0 atom stereocenters. The lowest BCUT2D eigenvalue weighted by Gasteiger charge is -2.23. The zero-order valence-electron chi connectivity index (χ0n) is 15.9. The Kier molecular flexibility index (Phi) is 17.0. The van der Waals surface area contributed by atoms with Gasteiger partial charge in [-0.2, -0.15) is 12.7 Å². The third-order valence-corrected chi connectivity index (χ3v) is 8.16. The van der Waals surface area contributed by atoms with Crippen molar-refractivity contribution in [2.45, 2.75) is 41.5 Å². The van der Waals surface area contributed by atoms with Gasteiger partial charge in [0.05, 0.1) is 0 Å². The van der Waals surface area contributed by atoms with Gasteiger partial charge < -0.3 is 9.80 Å². The minimum absolute atomic E-state index is 0.315. The molecule has 0 radical (unpaired) electrons. The summed E-state index contributed by atoms with van der Waals surface area (Å²) < 4.78 is 31.7. The van der Waals surface area contributed by atoms with E-state index in [0.29, 0.717) is 13.1 Å². The van der Waals surface area contributed by atoms with E-state index in [4.69, 9.17) is 29.0 Å². The van der Waals surface area contributed by atoms with Crippen LogP contribution < -0.4 is 0 Å². The number of hydrogen-bond acceptors (Lipinski definition) is 6. The summed E-state index contributed by atoms with van der Waals surface area (Å²) in [5.41, 5.74) is 0. The summed E-state index contributed by atoms with van der Waals surface area (Å²) in [4.78, 5) is 4.33. The fourth-order valence-corrected chi connectivity index (χ4v) is 5.40. The molecule has 0 aromatic heterocycles. The van der Waals surface area contributed by atoms with Crippen LogP contribution in [0.5, 0.6) is 0 Å². The molecule has 0 aromatic rings. The van der Waals surface area contributed by atoms with E-state index in [1.807, 2.05) is 0 Å². The predicted octanol–water partition coefficient (Wildman–Crippen LogP) is 3.75. The first-order valence-electron chi connectivity index (χ1n) is 8.27. The van der Waals surface area contributed by atoms with Crippen LogP contribution >= 0.6 is 46.0 Å². The summed E-state index contributed by atoms with van der Waals surface area (Å²) in [5, 5.41) is 0. The van der Waals surface area contributed by atoms with Crippen molar-refractivity contribution in [2.75, 3.05) is 39.3 Å². The first kappa shape index (κ1) is 27.6. The van der Waals surface area contributed by atoms with Crippen LogP contribution in [0.1, 0.15) is 41.5 Å². The SMILES string of the molecule is CCN(CC)C(=S)SSC(=S)N(CC)CC.CCN(CC)S(=O)(=O)O. The molecule has 1 N–H and O–H groups in total. The second-order valence-corrected chi connectivity index (χ2v) is 9.41. The number of thiocarbonyl (C=S) groups is 2. The van der Waals surface area contributed by atoms with Gasteiger partial charge in [-0.25, -0.2) is 0 Å². The van der Waals surface area contributed by atoms with Crippen molar-refractivity contribution in [3.05, 3.63) is 0 Å². The van der Waals surface area contributed by atoms with E-state index >= 15 is 0 Å². The first-order valence-corrected chi connectivity index (χ1v) is 12.6. The van der Waals surface area contributed by atoms with Gasteiger partial charge in [0.25, 0.3) is 0 Å². The minimum Gasteiger partial charge on any atom is -0.357 e. The molecule has 0 rings (SSSR count). The molecule has 0 saturated carbocycles. The number of nitrogens with zero attached hydrogens (tertiary/aromatic N) is 3. The molecule has 0 saturated heterocycles. The van der Waals surface area contributed by atoms with Crippen molar-refractivity contribution in [1.29, 1.82) is 0 Å². The maximum absolute atomic E-state index is 10.3. The smallest absolute Gasteiger partial charge is 0.335 e. The highest BCUT2D eigenvalue weighted by molar-refractivity contribution is 8.89. The van der Waals surface area contributed by atoms with Gasteiger partial charge >= 0.3 is 10.3 Å². The van der Waals surface area contributed by atoms with Gasteiger partial charge in [-0.1, -0.05) is 38.3 Å². The Labute approximate surface area is 172 Å². The molecular formula is C14H31N3O3S5. The van der Waals surface area contributed by atoms with E-state index in [9.17, 15) is 8.42 Å². The lowest BCUT2D eigenvalue weighted by molar-refractivity contribution is 0.371. The Morgan fingerprint density at radius 3 is 1.16 bits per heavy atom. The first-order chi connectivity index (χ1) is 11.6. The third-order valence-electron chi connectivity index (χ3n) is 3.26. The predicted molar refractivity (Wildman–Crippen MR) is 121 cm³/mol.